The molecule has 0 unspecified atom stereocenters. The molecular weight excluding hydrogens is 276 g/mol. The van der Waals surface area contributed by atoms with Gasteiger partial charge in [-0.25, -0.2) is 0 Å². The first kappa shape index (κ1) is 16.0. The minimum atomic E-state index is 0.162. The zero-order chi connectivity index (χ0) is 15.7. The van der Waals surface area contributed by atoms with Gasteiger partial charge in [0, 0.05) is 37.0 Å². The van der Waals surface area contributed by atoms with E-state index in [9.17, 15) is 0 Å². The average molecular weight is 306 g/mol. The molecule has 0 aromatic carbocycles. The maximum Gasteiger partial charge on any atom is 0.101 e. The van der Waals surface area contributed by atoms with E-state index >= 15 is 0 Å². The highest BCUT2D eigenvalue weighted by atomic mass is 16.5. The van der Waals surface area contributed by atoms with Crippen LogP contribution >= 0.6 is 0 Å². The van der Waals surface area contributed by atoms with Crippen LogP contribution in [0.15, 0.2) is 0 Å². The molecule has 1 aromatic heterocycles. The van der Waals surface area contributed by atoms with E-state index in [4.69, 9.17) is 4.74 Å². The molecule has 124 valence electrons. The van der Waals surface area contributed by atoms with Gasteiger partial charge in [0.1, 0.15) is 6.10 Å². The minimum Gasteiger partial charge on any atom is -0.372 e. The fourth-order valence-electron chi connectivity index (χ4n) is 4.06. The van der Waals surface area contributed by atoms with Crippen molar-refractivity contribution in [1.29, 1.82) is 0 Å². The van der Waals surface area contributed by atoms with Crippen LogP contribution in [0.2, 0.25) is 0 Å². The Morgan fingerprint density at radius 3 is 2.73 bits per heavy atom. The maximum atomic E-state index is 6.04. The molecule has 3 rings (SSSR count). The predicted molar refractivity (Wildman–Crippen MR) is 88.1 cm³/mol. The third-order valence-electron chi connectivity index (χ3n) is 5.50. The van der Waals surface area contributed by atoms with Gasteiger partial charge in [0.15, 0.2) is 0 Å². The summed E-state index contributed by atoms with van der Waals surface area (Å²) in [4.78, 5) is 2.50. The first-order chi connectivity index (χ1) is 10.6. The molecule has 3 atom stereocenters. The van der Waals surface area contributed by atoms with Crippen molar-refractivity contribution in [2.45, 2.75) is 57.7 Å². The normalized spacial score (nSPS) is 29.5. The van der Waals surface area contributed by atoms with Crippen molar-refractivity contribution in [2.24, 2.45) is 7.05 Å². The van der Waals surface area contributed by atoms with Gasteiger partial charge in [-0.3, -0.25) is 4.68 Å². The van der Waals surface area contributed by atoms with Crippen LogP contribution in [0.3, 0.4) is 0 Å². The molecule has 0 amide bonds. The van der Waals surface area contributed by atoms with Crippen LogP contribution in [0.25, 0.3) is 0 Å². The molecule has 5 heteroatoms. The van der Waals surface area contributed by atoms with Gasteiger partial charge in [0.05, 0.1) is 5.69 Å². The van der Waals surface area contributed by atoms with Gasteiger partial charge in [-0.05, 0) is 59.7 Å². The number of likely N-dealkylation sites (tertiary alicyclic amines) is 1. The Balaban J connectivity index is 1.59. The molecule has 2 fully saturated rings. The monoisotopic (exact) mass is 306 g/mol. The smallest absolute Gasteiger partial charge is 0.101 e. The fraction of sp³-hybridized carbons (Fsp3) is 0.824. The van der Waals surface area contributed by atoms with E-state index in [-0.39, 0.29) is 6.10 Å². The van der Waals surface area contributed by atoms with Gasteiger partial charge in [-0.1, -0.05) is 0 Å². The second-order valence-corrected chi connectivity index (χ2v) is 6.91. The number of hydrogen-bond acceptors (Lipinski definition) is 4. The van der Waals surface area contributed by atoms with Crippen LogP contribution in [0.4, 0.5) is 0 Å². The van der Waals surface area contributed by atoms with E-state index in [1.54, 1.807) is 0 Å². The molecule has 0 aliphatic carbocycles. The molecule has 2 aliphatic rings. The molecule has 1 N–H and O–H groups in total. The van der Waals surface area contributed by atoms with Gasteiger partial charge in [-0.2, -0.15) is 5.10 Å². The molecule has 2 saturated heterocycles. The summed E-state index contributed by atoms with van der Waals surface area (Å²) in [5, 5.41) is 8.30. The quantitative estimate of drug-likeness (QED) is 0.903. The largest absolute Gasteiger partial charge is 0.372 e. The van der Waals surface area contributed by atoms with E-state index in [0.717, 1.165) is 31.3 Å². The first-order valence-corrected chi connectivity index (χ1v) is 8.63. The molecule has 0 radical (unpaired) electrons. The van der Waals surface area contributed by atoms with Crippen molar-refractivity contribution < 1.29 is 4.74 Å². The Kier molecular flexibility index (Phi) is 4.85. The SMILES string of the molecule is Cc1nn(C)c(C)c1[C@H]1OCC[C@@H]1NCC[C@@H]1CCCN1C. The van der Waals surface area contributed by atoms with E-state index in [1.807, 2.05) is 11.7 Å². The maximum absolute atomic E-state index is 6.04. The van der Waals surface area contributed by atoms with Crippen molar-refractivity contribution >= 4 is 0 Å². The Morgan fingerprint density at radius 1 is 1.27 bits per heavy atom. The van der Waals surface area contributed by atoms with Gasteiger partial charge < -0.3 is 15.0 Å². The number of hydrogen-bond donors (Lipinski definition) is 1. The Bertz CT molecular complexity index is 513. The van der Waals surface area contributed by atoms with Crippen molar-refractivity contribution in [3.63, 3.8) is 0 Å². The average Bonchev–Trinajstić information content (AvgIpc) is 3.14. The zero-order valence-corrected chi connectivity index (χ0v) is 14.4. The van der Waals surface area contributed by atoms with Crippen LogP contribution < -0.4 is 5.32 Å². The summed E-state index contributed by atoms with van der Waals surface area (Å²) in [6.45, 7) is 7.42. The standard InChI is InChI=1S/C17H30N4O/c1-12-16(13(2)21(4)19-12)17-15(8-11-22-17)18-9-7-14-6-5-10-20(14)3/h14-15,17-18H,5-11H2,1-4H3/t14-,15-,17-/m0/s1. The Morgan fingerprint density at radius 2 is 2.09 bits per heavy atom. The molecular formula is C17H30N4O. The third kappa shape index (κ3) is 3.07. The summed E-state index contributed by atoms with van der Waals surface area (Å²) in [5.41, 5.74) is 3.62. The highest BCUT2D eigenvalue weighted by Gasteiger charge is 2.33. The molecule has 22 heavy (non-hydrogen) atoms. The van der Waals surface area contributed by atoms with Gasteiger partial charge in [-0.15, -0.1) is 0 Å². The van der Waals surface area contributed by atoms with Crippen LogP contribution in [0.1, 0.15) is 48.7 Å². The lowest BCUT2D eigenvalue weighted by Crippen LogP contribution is -2.36. The molecule has 1 aromatic rings. The molecule has 3 heterocycles. The van der Waals surface area contributed by atoms with Crippen molar-refractivity contribution in [3.8, 4) is 0 Å². The molecule has 5 nitrogen and oxygen atoms in total. The number of aromatic nitrogens is 2. The van der Waals surface area contributed by atoms with E-state index in [0.29, 0.717) is 6.04 Å². The highest BCUT2D eigenvalue weighted by Crippen LogP contribution is 2.33. The van der Waals surface area contributed by atoms with E-state index in [1.165, 1.54) is 37.1 Å². The van der Waals surface area contributed by atoms with Crippen LogP contribution in [-0.2, 0) is 11.8 Å². The molecule has 2 aliphatic heterocycles. The number of rotatable bonds is 5. The predicted octanol–water partition coefficient (Wildman–Crippen LogP) is 1.94. The van der Waals surface area contributed by atoms with Crippen molar-refractivity contribution in [2.75, 3.05) is 26.7 Å². The Labute approximate surface area is 134 Å². The summed E-state index contributed by atoms with van der Waals surface area (Å²) < 4.78 is 8.01. The molecule has 0 bridgehead atoms. The number of aryl methyl sites for hydroxylation is 2. The summed E-state index contributed by atoms with van der Waals surface area (Å²) in [5.74, 6) is 0. The lowest BCUT2D eigenvalue weighted by atomic mass is 10.00. The van der Waals surface area contributed by atoms with Crippen LogP contribution in [0, 0.1) is 13.8 Å². The van der Waals surface area contributed by atoms with Gasteiger partial charge in [0.25, 0.3) is 0 Å². The third-order valence-corrected chi connectivity index (χ3v) is 5.50. The van der Waals surface area contributed by atoms with Crippen molar-refractivity contribution in [1.82, 2.24) is 20.0 Å². The van der Waals surface area contributed by atoms with Crippen LogP contribution in [-0.4, -0.2) is 53.5 Å². The summed E-state index contributed by atoms with van der Waals surface area (Å²) in [6, 6.07) is 1.18. The lowest BCUT2D eigenvalue weighted by Gasteiger charge is -2.23. The van der Waals surface area contributed by atoms with Gasteiger partial charge in [0.2, 0.25) is 0 Å². The molecule has 0 saturated carbocycles. The number of nitrogens with zero attached hydrogens (tertiary/aromatic N) is 3. The second kappa shape index (κ2) is 6.69. The number of nitrogens with one attached hydrogen (secondary N) is 1. The van der Waals surface area contributed by atoms with Crippen LogP contribution in [0.5, 0.6) is 0 Å². The van der Waals surface area contributed by atoms with E-state index in [2.05, 4.69) is 36.2 Å². The van der Waals surface area contributed by atoms with E-state index < -0.39 is 0 Å². The lowest BCUT2D eigenvalue weighted by molar-refractivity contribution is 0.0973. The minimum absolute atomic E-state index is 0.162. The summed E-state index contributed by atoms with van der Waals surface area (Å²) >= 11 is 0. The van der Waals surface area contributed by atoms with Gasteiger partial charge >= 0.3 is 0 Å². The summed E-state index contributed by atoms with van der Waals surface area (Å²) in [7, 11) is 4.26. The molecule has 0 spiro atoms. The highest BCUT2D eigenvalue weighted by molar-refractivity contribution is 5.29. The second-order valence-electron chi connectivity index (χ2n) is 6.91. The summed E-state index contributed by atoms with van der Waals surface area (Å²) in [6.07, 6.45) is 5.20. The Hall–Kier alpha value is -0.910. The van der Waals surface area contributed by atoms with Crippen molar-refractivity contribution in [3.05, 3.63) is 17.0 Å². The fourth-order valence-corrected chi connectivity index (χ4v) is 4.06. The number of ether oxygens (including phenoxy) is 1. The zero-order valence-electron chi connectivity index (χ0n) is 14.4. The topological polar surface area (TPSA) is 42.3 Å². The first-order valence-electron chi connectivity index (χ1n) is 8.63.